The number of carbonyl (C=O) groups is 2. The number of thioether (sulfide) groups is 1. The fourth-order valence-electron chi connectivity index (χ4n) is 2.24. The summed E-state index contributed by atoms with van der Waals surface area (Å²) < 4.78 is 10.4. The number of rotatable bonds is 6. The summed E-state index contributed by atoms with van der Waals surface area (Å²) >= 11 is 1.61. The van der Waals surface area contributed by atoms with Crippen LogP contribution in [0.3, 0.4) is 0 Å². The molecule has 0 unspecified atom stereocenters. The molecule has 1 N–H and O–H groups in total. The Labute approximate surface area is 133 Å². The Morgan fingerprint density at radius 3 is 2.73 bits per heavy atom. The predicted octanol–water partition coefficient (Wildman–Crippen LogP) is 2.77. The van der Waals surface area contributed by atoms with Crippen LogP contribution in [0, 0.1) is 6.92 Å². The Kier molecular flexibility index (Phi) is 5.49. The van der Waals surface area contributed by atoms with E-state index in [-0.39, 0.29) is 5.76 Å². The summed E-state index contributed by atoms with van der Waals surface area (Å²) in [6.45, 7) is 1.83. The maximum absolute atomic E-state index is 12.4. The number of ether oxygens (including phenoxy) is 1. The number of fused-ring (bicyclic) bond motifs is 1. The number of para-hydroxylation sites is 1. The summed E-state index contributed by atoms with van der Waals surface area (Å²) in [6.07, 6.45) is 2.46. The Balaban J connectivity index is 2.21. The van der Waals surface area contributed by atoms with E-state index in [1.165, 1.54) is 7.11 Å². The summed E-state index contributed by atoms with van der Waals surface area (Å²) in [5.41, 5.74) is 1.42. The van der Waals surface area contributed by atoms with Crippen LogP contribution in [0.2, 0.25) is 0 Å². The molecule has 118 valence electrons. The molecule has 1 amide bonds. The molecular weight excluding hydrogens is 302 g/mol. The molecule has 1 atom stereocenters. The molecule has 1 aromatic carbocycles. The molecule has 6 heteroatoms. The number of esters is 1. The molecule has 5 nitrogen and oxygen atoms in total. The second-order valence-corrected chi connectivity index (χ2v) is 5.87. The number of hydrogen-bond donors (Lipinski definition) is 1. The number of aryl methyl sites for hydroxylation is 1. The minimum absolute atomic E-state index is 0.235. The highest BCUT2D eigenvalue weighted by molar-refractivity contribution is 7.98. The van der Waals surface area contributed by atoms with Crippen LogP contribution in [0.5, 0.6) is 0 Å². The van der Waals surface area contributed by atoms with Crippen molar-refractivity contribution in [2.24, 2.45) is 0 Å². The zero-order valence-corrected chi connectivity index (χ0v) is 13.7. The topological polar surface area (TPSA) is 68.5 Å². The van der Waals surface area contributed by atoms with Crippen LogP contribution < -0.4 is 5.32 Å². The second kappa shape index (κ2) is 7.35. The fraction of sp³-hybridized carbons (Fsp3) is 0.375. The first kappa shape index (κ1) is 16.4. The van der Waals surface area contributed by atoms with Crippen molar-refractivity contribution >= 4 is 34.6 Å². The van der Waals surface area contributed by atoms with Crippen LogP contribution in [0.15, 0.2) is 28.7 Å². The van der Waals surface area contributed by atoms with Gasteiger partial charge in [-0.2, -0.15) is 11.8 Å². The van der Waals surface area contributed by atoms with E-state index in [0.717, 1.165) is 16.7 Å². The second-order valence-electron chi connectivity index (χ2n) is 4.88. The highest BCUT2D eigenvalue weighted by Crippen LogP contribution is 2.24. The van der Waals surface area contributed by atoms with E-state index in [1.807, 2.05) is 37.4 Å². The van der Waals surface area contributed by atoms with Gasteiger partial charge in [0.15, 0.2) is 5.76 Å². The predicted molar refractivity (Wildman–Crippen MR) is 87.2 cm³/mol. The molecule has 0 bridgehead atoms. The van der Waals surface area contributed by atoms with Gasteiger partial charge in [-0.05, 0) is 31.4 Å². The Morgan fingerprint density at radius 2 is 2.09 bits per heavy atom. The SMILES string of the molecule is COC(=O)[C@H](CCSC)NC(=O)c1oc2ccccc2c1C. The van der Waals surface area contributed by atoms with Crippen molar-refractivity contribution in [3.8, 4) is 0 Å². The summed E-state index contributed by atoms with van der Waals surface area (Å²) in [5.74, 6) is 0.139. The van der Waals surface area contributed by atoms with E-state index in [1.54, 1.807) is 11.8 Å². The zero-order chi connectivity index (χ0) is 16.1. The van der Waals surface area contributed by atoms with E-state index in [4.69, 9.17) is 9.15 Å². The number of furan rings is 1. The van der Waals surface area contributed by atoms with Gasteiger partial charge in [0, 0.05) is 10.9 Å². The largest absolute Gasteiger partial charge is 0.467 e. The quantitative estimate of drug-likeness (QED) is 0.829. The zero-order valence-electron chi connectivity index (χ0n) is 12.8. The van der Waals surface area contributed by atoms with Crippen molar-refractivity contribution in [2.75, 3.05) is 19.1 Å². The van der Waals surface area contributed by atoms with Crippen molar-refractivity contribution < 1.29 is 18.7 Å². The average molecular weight is 321 g/mol. The molecule has 0 radical (unpaired) electrons. The third-order valence-electron chi connectivity index (χ3n) is 3.45. The van der Waals surface area contributed by atoms with Gasteiger partial charge in [-0.15, -0.1) is 0 Å². The molecule has 0 aliphatic rings. The van der Waals surface area contributed by atoms with Crippen molar-refractivity contribution in [2.45, 2.75) is 19.4 Å². The fourth-order valence-corrected chi connectivity index (χ4v) is 2.71. The van der Waals surface area contributed by atoms with Crippen molar-refractivity contribution in [3.05, 3.63) is 35.6 Å². The molecule has 2 aromatic rings. The van der Waals surface area contributed by atoms with Gasteiger partial charge >= 0.3 is 5.97 Å². The van der Waals surface area contributed by atoms with Crippen LogP contribution in [-0.4, -0.2) is 37.0 Å². The van der Waals surface area contributed by atoms with Crippen molar-refractivity contribution in [1.82, 2.24) is 5.32 Å². The maximum Gasteiger partial charge on any atom is 0.328 e. The van der Waals surface area contributed by atoms with Gasteiger partial charge in [-0.25, -0.2) is 4.79 Å². The first-order valence-electron chi connectivity index (χ1n) is 6.94. The first-order chi connectivity index (χ1) is 10.6. The monoisotopic (exact) mass is 321 g/mol. The lowest BCUT2D eigenvalue weighted by Crippen LogP contribution is -2.42. The van der Waals surface area contributed by atoms with Crippen LogP contribution >= 0.6 is 11.8 Å². The molecule has 0 spiro atoms. The van der Waals surface area contributed by atoms with Gasteiger partial charge in [0.2, 0.25) is 0 Å². The minimum atomic E-state index is -0.669. The van der Waals surface area contributed by atoms with Gasteiger partial charge in [-0.1, -0.05) is 18.2 Å². The maximum atomic E-state index is 12.4. The molecule has 0 aliphatic carbocycles. The Morgan fingerprint density at radius 1 is 1.36 bits per heavy atom. The standard InChI is InChI=1S/C16H19NO4S/c1-10-11-6-4-5-7-13(11)21-14(10)15(18)17-12(8-9-22-3)16(19)20-2/h4-7,12H,8-9H2,1-3H3,(H,17,18)/t12-/m0/s1. The highest BCUT2D eigenvalue weighted by atomic mass is 32.2. The molecule has 22 heavy (non-hydrogen) atoms. The molecule has 1 heterocycles. The normalized spacial score (nSPS) is 12.1. The summed E-state index contributed by atoms with van der Waals surface area (Å²) in [6, 6.07) is 6.78. The molecule has 0 saturated carbocycles. The van der Waals surface area contributed by atoms with Crippen LogP contribution in [-0.2, 0) is 9.53 Å². The molecular formula is C16H19NO4S. The van der Waals surface area contributed by atoms with Gasteiger partial charge in [0.05, 0.1) is 7.11 Å². The van der Waals surface area contributed by atoms with E-state index in [9.17, 15) is 9.59 Å². The van der Waals surface area contributed by atoms with Gasteiger partial charge in [0.1, 0.15) is 11.6 Å². The van der Waals surface area contributed by atoms with E-state index in [0.29, 0.717) is 12.0 Å². The molecule has 2 rings (SSSR count). The third-order valence-corrected chi connectivity index (χ3v) is 4.10. The van der Waals surface area contributed by atoms with E-state index in [2.05, 4.69) is 5.32 Å². The van der Waals surface area contributed by atoms with Crippen molar-refractivity contribution in [1.29, 1.82) is 0 Å². The average Bonchev–Trinajstić information content (AvgIpc) is 2.88. The number of nitrogens with one attached hydrogen (secondary N) is 1. The lowest BCUT2D eigenvalue weighted by molar-refractivity contribution is -0.142. The highest BCUT2D eigenvalue weighted by Gasteiger charge is 2.25. The summed E-state index contributed by atoms with van der Waals surface area (Å²) in [5, 5.41) is 3.59. The van der Waals surface area contributed by atoms with Crippen molar-refractivity contribution in [3.63, 3.8) is 0 Å². The molecule has 0 aliphatic heterocycles. The number of carbonyl (C=O) groups excluding carboxylic acids is 2. The lowest BCUT2D eigenvalue weighted by atomic mass is 10.1. The van der Waals surface area contributed by atoms with Gasteiger partial charge < -0.3 is 14.5 Å². The molecule has 0 saturated heterocycles. The van der Waals surface area contributed by atoms with Crippen LogP contribution in [0.4, 0.5) is 0 Å². The van der Waals surface area contributed by atoms with Gasteiger partial charge in [0.25, 0.3) is 5.91 Å². The van der Waals surface area contributed by atoms with Crippen LogP contribution in [0.1, 0.15) is 22.5 Å². The lowest BCUT2D eigenvalue weighted by Gasteiger charge is -2.15. The van der Waals surface area contributed by atoms with E-state index >= 15 is 0 Å². The number of methoxy groups -OCH3 is 1. The molecule has 0 fully saturated rings. The summed E-state index contributed by atoms with van der Waals surface area (Å²) in [4.78, 5) is 24.2. The number of hydrogen-bond acceptors (Lipinski definition) is 5. The third kappa shape index (κ3) is 3.44. The Hall–Kier alpha value is -1.95. The van der Waals surface area contributed by atoms with Crippen LogP contribution in [0.25, 0.3) is 11.0 Å². The summed E-state index contributed by atoms with van der Waals surface area (Å²) in [7, 11) is 1.31. The minimum Gasteiger partial charge on any atom is -0.467 e. The van der Waals surface area contributed by atoms with Gasteiger partial charge in [-0.3, -0.25) is 4.79 Å². The smallest absolute Gasteiger partial charge is 0.328 e. The Bertz CT molecular complexity index is 680. The first-order valence-corrected chi connectivity index (χ1v) is 8.33. The molecule has 1 aromatic heterocycles. The van der Waals surface area contributed by atoms with E-state index < -0.39 is 17.9 Å². The number of amides is 1. The number of benzene rings is 1.